The molecule has 0 fully saturated rings. The van der Waals surface area contributed by atoms with E-state index in [9.17, 15) is 4.79 Å². The molecular weight excluding hydrogens is 188 g/mol. The summed E-state index contributed by atoms with van der Waals surface area (Å²) in [6, 6.07) is 0.0171. The fraction of sp³-hybridized carbons (Fsp3) is 0.917. The molecule has 90 valence electrons. The Bertz CT molecular complexity index is 163. The van der Waals surface area contributed by atoms with Gasteiger partial charge in [0.15, 0.2) is 5.78 Å². The zero-order valence-corrected chi connectivity index (χ0v) is 10.4. The molecule has 0 aromatic carbocycles. The highest BCUT2D eigenvalue weighted by atomic mass is 16.1. The molecule has 3 heteroatoms. The van der Waals surface area contributed by atoms with Gasteiger partial charge in [0.1, 0.15) is 0 Å². The van der Waals surface area contributed by atoms with Crippen molar-refractivity contribution in [2.75, 3.05) is 13.1 Å². The van der Waals surface area contributed by atoms with Crippen LogP contribution < -0.4 is 11.1 Å². The molecule has 2 atom stereocenters. The first kappa shape index (κ1) is 14.6. The van der Waals surface area contributed by atoms with Gasteiger partial charge in [-0.3, -0.25) is 4.79 Å². The summed E-state index contributed by atoms with van der Waals surface area (Å²) in [5.41, 5.74) is 5.48. The van der Waals surface area contributed by atoms with Gasteiger partial charge < -0.3 is 11.1 Å². The Kier molecular flexibility index (Phi) is 8.62. The van der Waals surface area contributed by atoms with E-state index < -0.39 is 0 Å². The lowest BCUT2D eigenvalue weighted by molar-refractivity contribution is -0.124. The maximum absolute atomic E-state index is 12.0. The van der Waals surface area contributed by atoms with Crippen LogP contribution in [0, 0.1) is 5.92 Å². The monoisotopic (exact) mass is 214 g/mol. The minimum absolute atomic E-state index is 0.0171. The van der Waals surface area contributed by atoms with Crippen molar-refractivity contribution in [2.24, 2.45) is 11.7 Å². The van der Waals surface area contributed by atoms with Gasteiger partial charge in [-0.1, -0.05) is 20.8 Å². The van der Waals surface area contributed by atoms with E-state index >= 15 is 0 Å². The Balaban J connectivity index is 4.13. The SMILES string of the molecule is CCCNC(CCCN)C(=O)C(C)CC. The molecule has 0 radical (unpaired) electrons. The first-order chi connectivity index (χ1) is 7.17. The highest BCUT2D eigenvalue weighted by Crippen LogP contribution is 2.09. The second-order valence-corrected chi connectivity index (χ2v) is 4.15. The number of carbonyl (C=O) groups excluding carboxylic acids is 1. The summed E-state index contributed by atoms with van der Waals surface area (Å²) >= 11 is 0. The molecule has 0 amide bonds. The maximum Gasteiger partial charge on any atom is 0.152 e. The van der Waals surface area contributed by atoms with E-state index in [2.05, 4.69) is 19.2 Å². The number of carbonyl (C=O) groups is 1. The van der Waals surface area contributed by atoms with Crippen molar-refractivity contribution in [2.45, 2.75) is 52.5 Å². The minimum atomic E-state index is 0.0171. The molecule has 15 heavy (non-hydrogen) atoms. The molecule has 0 aliphatic heterocycles. The molecule has 0 aliphatic carbocycles. The third-order valence-electron chi connectivity index (χ3n) is 2.78. The van der Waals surface area contributed by atoms with Crippen LogP contribution in [0.5, 0.6) is 0 Å². The third-order valence-corrected chi connectivity index (χ3v) is 2.78. The Morgan fingerprint density at radius 3 is 2.53 bits per heavy atom. The molecule has 0 bridgehead atoms. The first-order valence-corrected chi connectivity index (χ1v) is 6.14. The van der Waals surface area contributed by atoms with Crippen molar-refractivity contribution in [3.63, 3.8) is 0 Å². The molecule has 2 unspecified atom stereocenters. The maximum atomic E-state index is 12.0. The molecule has 0 aromatic heterocycles. The number of nitrogens with one attached hydrogen (secondary N) is 1. The molecular formula is C12H26N2O. The zero-order chi connectivity index (χ0) is 11.7. The van der Waals surface area contributed by atoms with Crippen molar-refractivity contribution < 1.29 is 4.79 Å². The highest BCUT2D eigenvalue weighted by molar-refractivity contribution is 5.85. The van der Waals surface area contributed by atoms with E-state index in [1.807, 2.05) is 6.92 Å². The van der Waals surface area contributed by atoms with E-state index in [0.29, 0.717) is 12.3 Å². The number of rotatable bonds is 9. The van der Waals surface area contributed by atoms with Crippen LogP contribution in [0.1, 0.15) is 46.5 Å². The van der Waals surface area contributed by atoms with Crippen molar-refractivity contribution in [3.05, 3.63) is 0 Å². The number of ketones is 1. The van der Waals surface area contributed by atoms with Gasteiger partial charge in [-0.25, -0.2) is 0 Å². The summed E-state index contributed by atoms with van der Waals surface area (Å²) in [4.78, 5) is 12.0. The second-order valence-electron chi connectivity index (χ2n) is 4.15. The van der Waals surface area contributed by atoms with Crippen molar-refractivity contribution >= 4 is 5.78 Å². The molecule has 3 nitrogen and oxygen atoms in total. The second kappa shape index (κ2) is 8.86. The Hall–Kier alpha value is -0.410. The van der Waals surface area contributed by atoms with Crippen LogP contribution in [0.2, 0.25) is 0 Å². The molecule has 0 saturated heterocycles. The number of hydrogen-bond acceptors (Lipinski definition) is 3. The van der Waals surface area contributed by atoms with Crippen LogP contribution >= 0.6 is 0 Å². The molecule has 0 spiro atoms. The Morgan fingerprint density at radius 1 is 1.40 bits per heavy atom. The fourth-order valence-corrected chi connectivity index (χ4v) is 1.53. The molecule has 0 heterocycles. The summed E-state index contributed by atoms with van der Waals surface area (Å²) in [6.07, 6.45) is 3.78. The molecule has 3 N–H and O–H groups in total. The average molecular weight is 214 g/mol. The van der Waals surface area contributed by atoms with Crippen molar-refractivity contribution in [3.8, 4) is 0 Å². The topological polar surface area (TPSA) is 55.1 Å². The predicted octanol–water partition coefficient (Wildman–Crippen LogP) is 1.71. The van der Waals surface area contributed by atoms with Crippen LogP contribution in [-0.4, -0.2) is 24.9 Å². The van der Waals surface area contributed by atoms with E-state index in [-0.39, 0.29) is 12.0 Å². The van der Waals surface area contributed by atoms with Gasteiger partial charge in [0.2, 0.25) is 0 Å². The van der Waals surface area contributed by atoms with Gasteiger partial charge in [-0.15, -0.1) is 0 Å². The van der Waals surface area contributed by atoms with Crippen molar-refractivity contribution in [1.82, 2.24) is 5.32 Å². The van der Waals surface area contributed by atoms with Gasteiger partial charge >= 0.3 is 0 Å². The van der Waals surface area contributed by atoms with E-state index in [4.69, 9.17) is 5.73 Å². The molecule has 0 saturated carbocycles. The quantitative estimate of drug-likeness (QED) is 0.614. The fourth-order valence-electron chi connectivity index (χ4n) is 1.53. The van der Waals surface area contributed by atoms with E-state index in [1.165, 1.54) is 0 Å². The summed E-state index contributed by atoms with van der Waals surface area (Å²) in [6.45, 7) is 7.75. The summed E-state index contributed by atoms with van der Waals surface area (Å²) in [5, 5.41) is 3.31. The molecule has 0 aromatic rings. The van der Waals surface area contributed by atoms with Gasteiger partial charge in [-0.2, -0.15) is 0 Å². The highest BCUT2D eigenvalue weighted by Gasteiger charge is 2.21. The normalized spacial score (nSPS) is 14.9. The Morgan fingerprint density at radius 2 is 2.07 bits per heavy atom. The largest absolute Gasteiger partial charge is 0.330 e. The number of hydrogen-bond donors (Lipinski definition) is 2. The van der Waals surface area contributed by atoms with Crippen LogP contribution in [0.25, 0.3) is 0 Å². The lowest BCUT2D eigenvalue weighted by Crippen LogP contribution is -2.40. The molecule has 0 rings (SSSR count). The first-order valence-electron chi connectivity index (χ1n) is 6.14. The zero-order valence-electron chi connectivity index (χ0n) is 10.4. The van der Waals surface area contributed by atoms with Gasteiger partial charge in [0.05, 0.1) is 6.04 Å². The summed E-state index contributed by atoms with van der Waals surface area (Å²) < 4.78 is 0. The average Bonchev–Trinajstić information content (AvgIpc) is 2.27. The van der Waals surface area contributed by atoms with Crippen LogP contribution in [-0.2, 0) is 4.79 Å². The van der Waals surface area contributed by atoms with Crippen LogP contribution in [0.15, 0.2) is 0 Å². The van der Waals surface area contributed by atoms with Gasteiger partial charge in [0.25, 0.3) is 0 Å². The van der Waals surface area contributed by atoms with Gasteiger partial charge in [-0.05, 0) is 38.8 Å². The van der Waals surface area contributed by atoms with E-state index in [0.717, 1.165) is 32.2 Å². The van der Waals surface area contributed by atoms with Crippen LogP contribution in [0.4, 0.5) is 0 Å². The number of Topliss-reactive ketones (excluding diaryl/α,β-unsaturated/α-hetero) is 1. The van der Waals surface area contributed by atoms with Crippen molar-refractivity contribution in [1.29, 1.82) is 0 Å². The van der Waals surface area contributed by atoms with E-state index in [1.54, 1.807) is 0 Å². The standard InChI is InChI=1S/C12H26N2O/c1-4-9-14-11(7-6-8-13)12(15)10(3)5-2/h10-11,14H,4-9,13H2,1-3H3. The third kappa shape index (κ3) is 5.90. The number of nitrogens with two attached hydrogens (primary N) is 1. The molecule has 0 aliphatic rings. The Labute approximate surface area is 93.8 Å². The lowest BCUT2D eigenvalue weighted by Gasteiger charge is -2.20. The smallest absolute Gasteiger partial charge is 0.152 e. The minimum Gasteiger partial charge on any atom is -0.330 e. The summed E-state index contributed by atoms with van der Waals surface area (Å²) in [5.74, 6) is 0.511. The predicted molar refractivity (Wildman–Crippen MR) is 64.8 cm³/mol. The van der Waals surface area contributed by atoms with Gasteiger partial charge in [0, 0.05) is 5.92 Å². The lowest BCUT2D eigenvalue weighted by atomic mass is 9.94. The summed E-state index contributed by atoms with van der Waals surface area (Å²) in [7, 11) is 0. The van der Waals surface area contributed by atoms with Crippen LogP contribution in [0.3, 0.4) is 0 Å².